The molecule has 0 unspecified atom stereocenters. The molecule has 10 heteroatoms. The van der Waals surface area contributed by atoms with Gasteiger partial charge >= 0.3 is 0 Å². The molecule has 1 N–H and O–H groups in total. The second-order valence-electron chi connectivity index (χ2n) is 9.59. The quantitative estimate of drug-likeness (QED) is 0.402. The second kappa shape index (κ2) is 10.6. The van der Waals surface area contributed by atoms with E-state index in [9.17, 15) is 8.42 Å². The third kappa shape index (κ3) is 5.07. The van der Waals surface area contributed by atoms with Gasteiger partial charge in [0.25, 0.3) is 0 Å². The number of aromatic nitrogens is 3. The van der Waals surface area contributed by atoms with E-state index in [0.29, 0.717) is 37.1 Å². The molecule has 0 saturated carbocycles. The highest BCUT2D eigenvalue weighted by molar-refractivity contribution is 7.89. The Morgan fingerprint density at radius 2 is 1.71 bits per heavy atom. The maximum Gasteiger partial charge on any atom is 0.243 e. The van der Waals surface area contributed by atoms with Gasteiger partial charge in [-0.25, -0.2) is 18.4 Å². The molecule has 0 atom stereocenters. The van der Waals surface area contributed by atoms with Gasteiger partial charge in [-0.1, -0.05) is 18.2 Å². The minimum Gasteiger partial charge on any atom is -0.381 e. The van der Waals surface area contributed by atoms with Crippen LogP contribution in [0.25, 0.3) is 22.0 Å². The molecule has 2 fully saturated rings. The fourth-order valence-corrected chi connectivity index (χ4v) is 6.51. The molecule has 2 aliphatic rings. The largest absolute Gasteiger partial charge is 0.381 e. The van der Waals surface area contributed by atoms with E-state index in [4.69, 9.17) is 9.72 Å². The van der Waals surface area contributed by atoms with Gasteiger partial charge in [-0.3, -0.25) is 4.98 Å². The Labute approximate surface area is 222 Å². The number of hydrogen-bond acceptors (Lipinski definition) is 8. The van der Waals surface area contributed by atoms with Crippen LogP contribution in [-0.2, 0) is 14.8 Å². The van der Waals surface area contributed by atoms with E-state index in [-0.39, 0.29) is 0 Å². The van der Waals surface area contributed by atoms with Gasteiger partial charge in [-0.2, -0.15) is 4.31 Å². The van der Waals surface area contributed by atoms with Gasteiger partial charge in [0.1, 0.15) is 11.6 Å². The predicted octanol–water partition coefficient (Wildman–Crippen LogP) is 3.79. The minimum absolute atomic E-state index is 0.327. The Kier molecular flexibility index (Phi) is 6.92. The monoisotopic (exact) mass is 530 g/mol. The number of nitrogens with one attached hydrogen (secondary N) is 1. The van der Waals surface area contributed by atoms with Gasteiger partial charge < -0.3 is 15.0 Å². The number of sulfonamides is 1. The average Bonchev–Trinajstić information content (AvgIpc) is 2.98. The molecule has 5 heterocycles. The molecular formula is C28H30N6O3S. The maximum absolute atomic E-state index is 13.1. The summed E-state index contributed by atoms with van der Waals surface area (Å²) in [5, 5.41) is 5.52. The minimum atomic E-state index is -3.52. The topological polar surface area (TPSA) is 101 Å². The lowest BCUT2D eigenvalue weighted by atomic mass is 10.1. The van der Waals surface area contributed by atoms with Crippen molar-refractivity contribution in [2.75, 3.05) is 49.6 Å². The first-order chi connectivity index (χ1) is 18.6. The summed E-state index contributed by atoms with van der Waals surface area (Å²) in [6.45, 7) is 3.41. The van der Waals surface area contributed by atoms with Crippen molar-refractivity contribution in [3.8, 4) is 11.3 Å². The van der Waals surface area contributed by atoms with Gasteiger partial charge in [-0.05, 0) is 49.2 Å². The van der Waals surface area contributed by atoms with E-state index in [2.05, 4.69) is 26.3 Å². The van der Waals surface area contributed by atoms with Crippen LogP contribution in [0.15, 0.2) is 78.1 Å². The number of hydrogen-bond donors (Lipinski definition) is 1. The van der Waals surface area contributed by atoms with E-state index in [1.807, 2.05) is 30.5 Å². The van der Waals surface area contributed by atoms with Crippen LogP contribution in [0.5, 0.6) is 0 Å². The number of benzene rings is 1. The van der Waals surface area contributed by atoms with Crippen LogP contribution in [0.2, 0.25) is 0 Å². The molecule has 0 bridgehead atoms. The van der Waals surface area contributed by atoms with Crippen molar-refractivity contribution < 1.29 is 13.2 Å². The number of ether oxygens (including phenoxy) is 1. The normalized spacial score (nSPS) is 17.5. The van der Waals surface area contributed by atoms with Crippen LogP contribution in [-0.4, -0.2) is 73.1 Å². The number of pyridine rings is 3. The molecule has 0 radical (unpaired) electrons. The number of rotatable bonds is 6. The Balaban J connectivity index is 1.27. The summed E-state index contributed by atoms with van der Waals surface area (Å²) in [6, 6.07) is 17.0. The smallest absolute Gasteiger partial charge is 0.243 e. The van der Waals surface area contributed by atoms with Crippen molar-refractivity contribution in [1.82, 2.24) is 19.3 Å². The predicted molar refractivity (Wildman–Crippen MR) is 148 cm³/mol. The number of fused-ring (bicyclic) bond motifs is 1. The van der Waals surface area contributed by atoms with Gasteiger partial charge in [0.05, 0.1) is 10.6 Å². The van der Waals surface area contributed by atoms with Crippen molar-refractivity contribution in [2.24, 2.45) is 0 Å². The molecule has 2 saturated heterocycles. The van der Waals surface area contributed by atoms with Crippen molar-refractivity contribution in [3.05, 3.63) is 73.2 Å². The zero-order valence-corrected chi connectivity index (χ0v) is 21.8. The van der Waals surface area contributed by atoms with Crippen LogP contribution in [0.4, 0.5) is 11.6 Å². The summed E-state index contributed by atoms with van der Waals surface area (Å²) in [5.41, 5.74) is 1.80. The Hall–Kier alpha value is -3.60. The van der Waals surface area contributed by atoms with Crippen molar-refractivity contribution >= 4 is 32.4 Å². The summed E-state index contributed by atoms with van der Waals surface area (Å²) in [6.07, 6.45) is 7.34. The average molecular weight is 531 g/mol. The standard InChI is InChI=1S/C28H30N6O3S/c35-38(36,24-4-2-1-3-5-24)34-14-12-33(13-15-34)28-25-7-10-29-20-22(25)18-26(32-28)21-6-11-30-27(19-21)31-23-8-16-37-17-9-23/h1-7,10-11,18-20,23H,8-9,12-17H2,(H,30,31). The highest BCUT2D eigenvalue weighted by Gasteiger charge is 2.29. The zero-order valence-electron chi connectivity index (χ0n) is 21.0. The van der Waals surface area contributed by atoms with Gasteiger partial charge in [0.2, 0.25) is 10.0 Å². The SMILES string of the molecule is O=S(=O)(c1ccccc1)N1CCN(c2nc(-c3ccnc(NC4CCOCC4)c3)cc3cnccc23)CC1. The van der Waals surface area contributed by atoms with Crippen molar-refractivity contribution in [2.45, 2.75) is 23.8 Å². The summed E-state index contributed by atoms with van der Waals surface area (Å²) < 4.78 is 33.3. The Morgan fingerprint density at radius 3 is 2.50 bits per heavy atom. The van der Waals surface area contributed by atoms with Crippen LogP contribution >= 0.6 is 0 Å². The lowest BCUT2D eigenvalue weighted by molar-refractivity contribution is 0.0904. The molecule has 1 aromatic carbocycles. The fraction of sp³-hybridized carbons (Fsp3) is 0.321. The number of anilines is 2. The molecule has 9 nitrogen and oxygen atoms in total. The first kappa shape index (κ1) is 24.7. The Bertz CT molecular complexity index is 1520. The molecule has 4 aromatic rings. The van der Waals surface area contributed by atoms with Crippen LogP contribution in [0.3, 0.4) is 0 Å². The fourth-order valence-electron chi connectivity index (χ4n) is 5.07. The van der Waals surface area contributed by atoms with E-state index < -0.39 is 10.0 Å². The molecule has 38 heavy (non-hydrogen) atoms. The first-order valence-electron chi connectivity index (χ1n) is 12.9. The van der Waals surface area contributed by atoms with Gasteiger partial charge in [0.15, 0.2) is 0 Å². The van der Waals surface area contributed by atoms with E-state index in [0.717, 1.165) is 59.7 Å². The molecule has 196 valence electrons. The van der Waals surface area contributed by atoms with Crippen LogP contribution in [0, 0.1) is 0 Å². The zero-order chi connectivity index (χ0) is 26.0. The Morgan fingerprint density at radius 1 is 0.921 bits per heavy atom. The lowest BCUT2D eigenvalue weighted by Crippen LogP contribution is -2.49. The molecule has 0 amide bonds. The molecule has 0 spiro atoms. The third-order valence-corrected chi connectivity index (χ3v) is 9.07. The van der Waals surface area contributed by atoms with Crippen LogP contribution < -0.4 is 10.2 Å². The highest BCUT2D eigenvalue weighted by Crippen LogP contribution is 2.31. The summed E-state index contributed by atoms with van der Waals surface area (Å²) in [5.74, 6) is 1.66. The number of nitrogens with zero attached hydrogens (tertiary/aromatic N) is 5. The first-order valence-corrected chi connectivity index (χ1v) is 14.4. The lowest BCUT2D eigenvalue weighted by Gasteiger charge is -2.35. The van der Waals surface area contributed by atoms with E-state index in [1.165, 1.54) is 0 Å². The van der Waals surface area contributed by atoms with E-state index >= 15 is 0 Å². The molecule has 3 aromatic heterocycles. The van der Waals surface area contributed by atoms with Gasteiger partial charge in [-0.15, -0.1) is 0 Å². The summed E-state index contributed by atoms with van der Waals surface area (Å²) in [7, 11) is -3.52. The highest BCUT2D eigenvalue weighted by atomic mass is 32.2. The van der Waals surface area contributed by atoms with Crippen molar-refractivity contribution in [1.29, 1.82) is 0 Å². The molecular weight excluding hydrogens is 500 g/mol. The number of piperazine rings is 1. The van der Waals surface area contributed by atoms with E-state index in [1.54, 1.807) is 41.0 Å². The van der Waals surface area contributed by atoms with Crippen LogP contribution in [0.1, 0.15) is 12.8 Å². The summed E-state index contributed by atoms with van der Waals surface area (Å²) in [4.78, 5) is 16.4. The second-order valence-corrected chi connectivity index (χ2v) is 11.5. The molecule has 6 rings (SSSR count). The van der Waals surface area contributed by atoms with Gasteiger partial charge in [0, 0.05) is 80.4 Å². The maximum atomic E-state index is 13.1. The van der Waals surface area contributed by atoms with Crippen molar-refractivity contribution in [3.63, 3.8) is 0 Å². The molecule has 0 aliphatic carbocycles. The third-order valence-electron chi connectivity index (χ3n) is 7.16. The summed E-state index contributed by atoms with van der Waals surface area (Å²) >= 11 is 0. The molecule has 2 aliphatic heterocycles.